The Morgan fingerprint density at radius 1 is 1.06 bits per heavy atom. The summed E-state index contributed by atoms with van der Waals surface area (Å²) in [5.41, 5.74) is 0.475. The fraction of sp³-hybridized carbons (Fsp3) is 0.200. The maximum Gasteiger partial charge on any atom is 0.417 e. The molecule has 2 heterocycles. The Kier molecular flexibility index (Phi) is 4.48. The van der Waals surface area contributed by atoms with E-state index in [1.807, 2.05) is 37.3 Å². The van der Waals surface area contributed by atoms with Crippen LogP contribution in [0.2, 0.25) is 0 Å². The Bertz CT molecular complexity index is 1350. The summed E-state index contributed by atoms with van der Waals surface area (Å²) in [6.07, 6.45) is -3.96. The van der Waals surface area contributed by atoms with Gasteiger partial charge in [-0.15, -0.1) is 0 Å². The molecule has 3 aromatic carbocycles. The van der Waals surface area contributed by atoms with Gasteiger partial charge in [-0.3, -0.25) is 0 Å². The van der Waals surface area contributed by atoms with Gasteiger partial charge in [0.05, 0.1) is 22.1 Å². The molecule has 5 rings (SSSR count). The molecule has 160 valence electrons. The third-order valence-corrected chi connectivity index (χ3v) is 6.22. The van der Waals surface area contributed by atoms with Crippen molar-refractivity contribution < 1.29 is 13.2 Å². The first-order chi connectivity index (χ1) is 15.3. The van der Waals surface area contributed by atoms with Crippen molar-refractivity contribution >= 4 is 16.7 Å². The Labute approximate surface area is 182 Å². The number of alkyl halides is 3. The Morgan fingerprint density at radius 3 is 2.34 bits per heavy atom. The topological polar surface area (TPSA) is 53.6 Å². The minimum absolute atomic E-state index is 0.0596. The summed E-state index contributed by atoms with van der Waals surface area (Å²) >= 11 is 0. The van der Waals surface area contributed by atoms with Crippen LogP contribution in [0.15, 0.2) is 66.7 Å². The van der Waals surface area contributed by atoms with E-state index in [0.29, 0.717) is 24.3 Å². The quantitative estimate of drug-likeness (QED) is 0.412. The van der Waals surface area contributed by atoms with Gasteiger partial charge in [-0.05, 0) is 30.5 Å². The lowest BCUT2D eigenvalue weighted by molar-refractivity contribution is -0.136. The first-order valence-corrected chi connectivity index (χ1v) is 10.3. The number of anilines is 1. The molecule has 1 aliphatic heterocycles. The number of benzene rings is 3. The SMILES string of the molecule is CC1(c2ccccc2)CCNc2c3c(C(F)(F)F)cc(-c4ccccc4)c(C#N)c3nn21. The predicted molar refractivity (Wildman–Crippen MR) is 117 cm³/mol. The van der Waals surface area contributed by atoms with Crippen molar-refractivity contribution in [2.45, 2.75) is 25.1 Å². The molecule has 4 nitrogen and oxygen atoms in total. The zero-order chi connectivity index (χ0) is 22.5. The summed E-state index contributed by atoms with van der Waals surface area (Å²) in [5, 5.41) is 17.7. The number of aromatic nitrogens is 2. The van der Waals surface area contributed by atoms with Gasteiger partial charge < -0.3 is 5.32 Å². The van der Waals surface area contributed by atoms with Gasteiger partial charge in [-0.25, -0.2) is 4.68 Å². The molecule has 4 aromatic rings. The zero-order valence-corrected chi connectivity index (χ0v) is 17.2. The lowest BCUT2D eigenvalue weighted by atomic mass is 9.87. The van der Waals surface area contributed by atoms with Crippen LogP contribution in [0, 0.1) is 11.3 Å². The standard InChI is InChI=1S/C25H19F3N4/c1-24(17-10-6-3-7-11-17)12-13-30-23-21-20(25(26,27)28)14-18(16-8-4-2-5-9-16)19(15-29)22(21)31-32(23)24/h2-11,14,30H,12-13H2,1H3. The van der Waals surface area contributed by atoms with Gasteiger partial charge in [0, 0.05) is 12.1 Å². The van der Waals surface area contributed by atoms with Crippen LogP contribution in [0.1, 0.15) is 30.0 Å². The summed E-state index contributed by atoms with van der Waals surface area (Å²) in [5.74, 6) is 0.293. The smallest absolute Gasteiger partial charge is 0.370 e. The van der Waals surface area contributed by atoms with Gasteiger partial charge in [-0.2, -0.15) is 23.5 Å². The Balaban J connectivity index is 1.89. The number of nitrogens with one attached hydrogen (secondary N) is 1. The van der Waals surface area contributed by atoms with E-state index in [0.717, 1.165) is 11.6 Å². The van der Waals surface area contributed by atoms with Gasteiger partial charge >= 0.3 is 6.18 Å². The van der Waals surface area contributed by atoms with Crippen molar-refractivity contribution in [2.24, 2.45) is 0 Å². The maximum atomic E-state index is 14.3. The van der Waals surface area contributed by atoms with E-state index in [-0.39, 0.29) is 22.0 Å². The third-order valence-electron chi connectivity index (χ3n) is 6.22. The van der Waals surface area contributed by atoms with Gasteiger partial charge in [0.15, 0.2) is 0 Å². The van der Waals surface area contributed by atoms with Crippen LogP contribution in [-0.2, 0) is 11.7 Å². The predicted octanol–water partition coefficient (Wildman–Crippen LogP) is 6.17. The fourth-order valence-electron chi connectivity index (χ4n) is 4.56. The fourth-order valence-corrected chi connectivity index (χ4v) is 4.56. The van der Waals surface area contributed by atoms with Gasteiger partial charge in [0.25, 0.3) is 0 Å². The average Bonchev–Trinajstić information content (AvgIpc) is 3.19. The number of fused-ring (bicyclic) bond motifs is 3. The highest BCUT2D eigenvalue weighted by Gasteiger charge is 2.41. The largest absolute Gasteiger partial charge is 0.417 e. The van der Waals surface area contributed by atoms with Gasteiger partial charge in [0.1, 0.15) is 17.4 Å². The van der Waals surface area contributed by atoms with Crippen LogP contribution in [-0.4, -0.2) is 16.3 Å². The van der Waals surface area contributed by atoms with Crippen LogP contribution < -0.4 is 5.32 Å². The molecule has 0 radical (unpaired) electrons. The van der Waals surface area contributed by atoms with Crippen molar-refractivity contribution in [1.82, 2.24) is 9.78 Å². The molecule has 0 spiro atoms. The van der Waals surface area contributed by atoms with Gasteiger partial charge in [-0.1, -0.05) is 60.7 Å². The molecule has 1 atom stereocenters. The highest BCUT2D eigenvalue weighted by atomic mass is 19.4. The van der Waals surface area contributed by atoms with E-state index in [4.69, 9.17) is 0 Å². The van der Waals surface area contributed by atoms with Crippen LogP contribution >= 0.6 is 0 Å². The lowest BCUT2D eigenvalue weighted by Crippen LogP contribution is -2.39. The number of rotatable bonds is 2. The molecule has 0 saturated carbocycles. The molecule has 1 aliphatic rings. The molecule has 1 N–H and O–H groups in total. The number of nitriles is 1. The van der Waals surface area contributed by atoms with Crippen molar-refractivity contribution in [1.29, 1.82) is 5.26 Å². The summed E-state index contributed by atoms with van der Waals surface area (Å²) in [7, 11) is 0. The molecule has 0 aliphatic carbocycles. The zero-order valence-electron chi connectivity index (χ0n) is 17.2. The van der Waals surface area contributed by atoms with Crippen LogP contribution in [0.4, 0.5) is 19.0 Å². The van der Waals surface area contributed by atoms with E-state index in [1.54, 1.807) is 35.0 Å². The summed E-state index contributed by atoms with van der Waals surface area (Å²) in [4.78, 5) is 0. The van der Waals surface area contributed by atoms with E-state index in [1.165, 1.54) is 0 Å². The third kappa shape index (κ3) is 2.94. The molecule has 32 heavy (non-hydrogen) atoms. The normalized spacial score (nSPS) is 18.1. The molecular weight excluding hydrogens is 413 g/mol. The first-order valence-electron chi connectivity index (χ1n) is 10.3. The maximum absolute atomic E-state index is 14.3. The monoisotopic (exact) mass is 432 g/mol. The summed E-state index contributed by atoms with van der Waals surface area (Å²) in [6, 6.07) is 21.5. The van der Waals surface area contributed by atoms with E-state index >= 15 is 0 Å². The van der Waals surface area contributed by atoms with Crippen molar-refractivity contribution in [3.8, 4) is 17.2 Å². The second kappa shape index (κ2) is 7.13. The van der Waals surface area contributed by atoms with Crippen LogP contribution in [0.25, 0.3) is 22.0 Å². The van der Waals surface area contributed by atoms with Gasteiger partial charge in [0.2, 0.25) is 0 Å². The Hall–Kier alpha value is -3.79. The molecule has 0 amide bonds. The molecule has 0 fully saturated rings. The second-order valence-electron chi connectivity index (χ2n) is 8.12. The minimum Gasteiger partial charge on any atom is -0.370 e. The number of halogens is 3. The molecule has 0 bridgehead atoms. The molecule has 1 aromatic heterocycles. The average molecular weight is 432 g/mol. The lowest BCUT2D eigenvalue weighted by Gasteiger charge is -2.36. The number of hydrogen-bond acceptors (Lipinski definition) is 3. The van der Waals surface area contributed by atoms with Crippen LogP contribution in [0.5, 0.6) is 0 Å². The first kappa shape index (κ1) is 20.1. The molecular formula is C25H19F3N4. The molecule has 1 unspecified atom stereocenters. The Morgan fingerprint density at radius 2 is 1.72 bits per heavy atom. The summed E-state index contributed by atoms with van der Waals surface area (Å²) in [6.45, 7) is 2.46. The minimum atomic E-state index is -4.61. The summed E-state index contributed by atoms with van der Waals surface area (Å²) < 4.78 is 44.4. The number of nitrogens with zero attached hydrogens (tertiary/aromatic N) is 3. The van der Waals surface area contributed by atoms with Crippen molar-refractivity contribution in [3.05, 3.63) is 83.4 Å². The van der Waals surface area contributed by atoms with Crippen molar-refractivity contribution in [3.63, 3.8) is 0 Å². The highest BCUT2D eigenvalue weighted by molar-refractivity contribution is 6.01. The van der Waals surface area contributed by atoms with E-state index in [9.17, 15) is 18.4 Å². The van der Waals surface area contributed by atoms with Crippen molar-refractivity contribution in [2.75, 3.05) is 11.9 Å². The molecule has 7 heteroatoms. The van der Waals surface area contributed by atoms with Crippen LogP contribution in [0.3, 0.4) is 0 Å². The second-order valence-corrected chi connectivity index (χ2v) is 8.12. The number of hydrogen-bond donors (Lipinski definition) is 1. The molecule has 0 saturated heterocycles. The van der Waals surface area contributed by atoms with E-state index < -0.39 is 17.3 Å². The highest BCUT2D eigenvalue weighted by Crippen LogP contribution is 2.46. The van der Waals surface area contributed by atoms with E-state index in [2.05, 4.69) is 16.5 Å².